The molecule has 0 bridgehead atoms. The Hall–Kier alpha value is -7.72. The second-order valence-corrected chi connectivity index (χ2v) is 19.5. The van der Waals surface area contributed by atoms with E-state index in [-0.39, 0.29) is 0 Å². The zero-order valence-electron chi connectivity index (χ0n) is 33.6. The number of hydrogen-bond acceptors (Lipinski definition) is 1. The quantitative estimate of drug-likeness (QED) is 0.104. The Balaban J connectivity index is 1.10. The van der Waals surface area contributed by atoms with Crippen LogP contribution in [0.3, 0.4) is 0 Å². The van der Waals surface area contributed by atoms with E-state index in [9.17, 15) is 0 Å². The van der Waals surface area contributed by atoms with Gasteiger partial charge in [0.25, 0.3) is 0 Å². The van der Waals surface area contributed by atoms with Crippen LogP contribution in [0, 0.1) is 0 Å². The summed E-state index contributed by atoms with van der Waals surface area (Å²) in [7, 11) is -2.78. The molecule has 0 atom stereocenters. The third-order valence-electron chi connectivity index (χ3n) is 12.3. The minimum absolute atomic E-state index is 1.10. The van der Waals surface area contributed by atoms with E-state index in [1.165, 1.54) is 64.5 Å². The summed E-state index contributed by atoms with van der Waals surface area (Å²) in [6.07, 6.45) is 0. The average Bonchev–Trinajstić information content (AvgIpc) is 3.68. The Morgan fingerprint density at radius 3 is 1.51 bits per heavy atom. The maximum Gasteiger partial charge on any atom is 0.179 e. The summed E-state index contributed by atoms with van der Waals surface area (Å²) in [4.78, 5) is 2.43. The van der Waals surface area contributed by atoms with Crippen molar-refractivity contribution in [3.63, 3.8) is 0 Å². The zero-order valence-corrected chi connectivity index (χ0v) is 34.6. The van der Waals surface area contributed by atoms with Crippen molar-refractivity contribution in [3.05, 3.63) is 255 Å². The molecule has 0 amide bonds. The van der Waals surface area contributed by atoms with Gasteiger partial charge in [0.15, 0.2) is 8.07 Å². The first-order valence-corrected chi connectivity index (χ1v) is 23.0. The number of fused-ring (bicyclic) bond motifs is 4. The van der Waals surface area contributed by atoms with E-state index in [1.54, 1.807) is 0 Å². The average molecular weight is 795 g/mol. The molecule has 10 aromatic carbocycles. The molecule has 0 aliphatic heterocycles. The monoisotopic (exact) mass is 794 g/mol. The van der Waals surface area contributed by atoms with Crippen LogP contribution in [0.1, 0.15) is 0 Å². The van der Waals surface area contributed by atoms with Crippen molar-refractivity contribution in [2.75, 3.05) is 4.90 Å². The van der Waals surface area contributed by atoms with Gasteiger partial charge < -0.3 is 9.47 Å². The summed E-state index contributed by atoms with van der Waals surface area (Å²) in [5, 5.41) is 10.3. The molecule has 0 N–H and O–H groups in total. The Kier molecular flexibility index (Phi) is 9.22. The fourth-order valence-electron chi connectivity index (χ4n) is 9.61. The van der Waals surface area contributed by atoms with E-state index >= 15 is 0 Å². The Morgan fingerprint density at radius 1 is 0.328 bits per heavy atom. The van der Waals surface area contributed by atoms with Crippen molar-refractivity contribution in [3.8, 4) is 16.8 Å². The zero-order chi connectivity index (χ0) is 40.6. The molecule has 0 aliphatic carbocycles. The molecule has 3 heteroatoms. The first kappa shape index (κ1) is 36.4. The molecule has 0 spiro atoms. The molecule has 61 heavy (non-hydrogen) atoms. The van der Waals surface area contributed by atoms with E-state index in [1.807, 2.05) is 0 Å². The maximum absolute atomic E-state index is 2.78. The van der Waals surface area contributed by atoms with Crippen molar-refractivity contribution < 1.29 is 0 Å². The van der Waals surface area contributed by atoms with Gasteiger partial charge in [-0.25, -0.2) is 0 Å². The summed E-state index contributed by atoms with van der Waals surface area (Å²) in [5.74, 6) is 0. The van der Waals surface area contributed by atoms with E-state index in [0.717, 1.165) is 22.7 Å². The molecule has 0 saturated heterocycles. The van der Waals surface area contributed by atoms with Crippen LogP contribution in [0.4, 0.5) is 17.1 Å². The van der Waals surface area contributed by atoms with Crippen LogP contribution < -0.4 is 25.6 Å². The molecular weight excluding hydrogens is 753 g/mol. The minimum Gasteiger partial charge on any atom is -0.310 e. The minimum atomic E-state index is -2.78. The molecule has 11 aromatic rings. The highest BCUT2D eigenvalue weighted by atomic mass is 28.3. The maximum atomic E-state index is 2.46. The van der Waals surface area contributed by atoms with Gasteiger partial charge in [-0.1, -0.05) is 194 Å². The molecular formula is C58H42N2Si. The molecule has 0 fully saturated rings. The topological polar surface area (TPSA) is 8.17 Å². The van der Waals surface area contributed by atoms with Crippen molar-refractivity contribution in [1.82, 2.24) is 4.57 Å². The standard InChI is InChI=1S/C58H42N2Si/c1-5-21-46(22-6-1)60-56-33-16-15-31-55(56)58-54(32-18-34-57(58)60)44-36-38-47(39-37-44)59(49-40-35-43-19-13-14-20-45(43)41-49)48-23-17-30-53(42-48)61(50-24-7-2-8-25-50,51-26-9-3-10-27-51)52-28-11-4-12-29-52/h1-42H. The Morgan fingerprint density at radius 2 is 0.836 bits per heavy atom. The fourth-order valence-corrected chi connectivity index (χ4v) is 14.4. The van der Waals surface area contributed by atoms with Gasteiger partial charge in [0.1, 0.15) is 0 Å². The van der Waals surface area contributed by atoms with Crippen molar-refractivity contribution in [1.29, 1.82) is 0 Å². The van der Waals surface area contributed by atoms with Gasteiger partial charge in [-0.2, -0.15) is 0 Å². The molecule has 11 rings (SSSR count). The number of hydrogen-bond donors (Lipinski definition) is 0. The number of para-hydroxylation sites is 2. The number of benzene rings is 10. The lowest BCUT2D eigenvalue weighted by molar-refractivity contribution is 1.18. The van der Waals surface area contributed by atoms with E-state index in [0.29, 0.717) is 0 Å². The summed E-state index contributed by atoms with van der Waals surface area (Å²) >= 11 is 0. The Bertz CT molecular complexity index is 3190. The van der Waals surface area contributed by atoms with Gasteiger partial charge in [-0.05, 0) is 103 Å². The summed E-state index contributed by atoms with van der Waals surface area (Å²) in [5.41, 5.74) is 9.30. The number of aromatic nitrogens is 1. The number of anilines is 3. The summed E-state index contributed by atoms with van der Waals surface area (Å²) < 4.78 is 2.39. The third-order valence-corrected chi connectivity index (χ3v) is 17.1. The van der Waals surface area contributed by atoms with Gasteiger partial charge in [0.2, 0.25) is 0 Å². The highest BCUT2D eigenvalue weighted by molar-refractivity contribution is 7.19. The Labute approximate surface area is 357 Å². The molecule has 0 aliphatic rings. The molecule has 0 unspecified atom stereocenters. The fraction of sp³-hybridized carbons (Fsp3) is 0. The summed E-state index contributed by atoms with van der Waals surface area (Å²) in [6.45, 7) is 0. The molecule has 1 aromatic heterocycles. The first-order chi connectivity index (χ1) is 30.3. The predicted octanol–water partition coefficient (Wildman–Crippen LogP) is 12.5. The highest BCUT2D eigenvalue weighted by Crippen LogP contribution is 2.41. The van der Waals surface area contributed by atoms with Gasteiger partial charge in [-0.3, -0.25) is 0 Å². The first-order valence-electron chi connectivity index (χ1n) is 21.0. The lowest BCUT2D eigenvalue weighted by Gasteiger charge is -2.35. The smallest absolute Gasteiger partial charge is 0.179 e. The number of nitrogens with zero attached hydrogens (tertiary/aromatic N) is 2. The van der Waals surface area contributed by atoms with E-state index < -0.39 is 8.07 Å². The second kappa shape index (κ2) is 15.5. The van der Waals surface area contributed by atoms with Crippen LogP contribution in [-0.4, -0.2) is 12.6 Å². The van der Waals surface area contributed by atoms with Crippen LogP contribution >= 0.6 is 0 Å². The van der Waals surface area contributed by atoms with Gasteiger partial charge in [-0.15, -0.1) is 0 Å². The van der Waals surface area contributed by atoms with Crippen molar-refractivity contribution in [2.24, 2.45) is 0 Å². The van der Waals surface area contributed by atoms with Crippen LogP contribution in [0.15, 0.2) is 255 Å². The number of rotatable bonds is 9. The van der Waals surface area contributed by atoms with Crippen LogP contribution in [0.2, 0.25) is 0 Å². The molecule has 0 radical (unpaired) electrons. The molecule has 0 saturated carbocycles. The van der Waals surface area contributed by atoms with E-state index in [2.05, 4.69) is 264 Å². The predicted molar refractivity (Wildman–Crippen MR) is 262 cm³/mol. The van der Waals surface area contributed by atoms with Gasteiger partial charge in [0.05, 0.1) is 11.0 Å². The molecule has 2 nitrogen and oxygen atoms in total. The van der Waals surface area contributed by atoms with Crippen molar-refractivity contribution in [2.45, 2.75) is 0 Å². The molecule has 288 valence electrons. The summed E-state index contributed by atoms with van der Waals surface area (Å²) in [6, 6.07) is 93.7. The normalized spacial score (nSPS) is 11.6. The lowest BCUT2D eigenvalue weighted by Crippen LogP contribution is -2.74. The van der Waals surface area contributed by atoms with Gasteiger partial charge >= 0.3 is 0 Å². The molecule has 1 heterocycles. The van der Waals surface area contributed by atoms with E-state index in [4.69, 9.17) is 0 Å². The lowest BCUT2D eigenvalue weighted by atomic mass is 9.99. The SMILES string of the molecule is c1ccc(-n2c3ccccc3c3c(-c4ccc(N(c5cccc([Si](c6ccccc6)(c6ccccc6)c6ccccc6)c5)c5ccc6ccccc6c5)cc4)cccc32)cc1. The second-order valence-electron chi connectivity index (χ2n) is 15.7. The van der Waals surface area contributed by atoms with Crippen LogP contribution in [0.5, 0.6) is 0 Å². The van der Waals surface area contributed by atoms with Gasteiger partial charge in [0, 0.05) is 33.5 Å². The van der Waals surface area contributed by atoms with Crippen molar-refractivity contribution >= 4 is 78.5 Å². The highest BCUT2D eigenvalue weighted by Gasteiger charge is 2.41. The third kappa shape index (κ3) is 6.26. The van der Waals surface area contributed by atoms with Crippen LogP contribution in [0.25, 0.3) is 49.4 Å². The van der Waals surface area contributed by atoms with Crippen LogP contribution in [-0.2, 0) is 0 Å². The largest absolute Gasteiger partial charge is 0.310 e.